The Morgan fingerprint density at radius 1 is 1.27 bits per heavy atom. The highest BCUT2D eigenvalue weighted by molar-refractivity contribution is 7.99. The van der Waals surface area contributed by atoms with Crippen LogP contribution in [0.2, 0.25) is 0 Å². The topological polar surface area (TPSA) is 115 Å². The van der Waals surface area contributed by atoms with Crippen molar-refractivity contribution in [1.29, 1.82) is 0 Å². The number of nitro groups is 1. The van der Waals surface area contributed by atoms with Gasteiger partial charge in [0.15, 0.2) is 11.0 Å². The van der Waals surface area contributed by atoms with Crippen LogP contribution in [-0.4, -0.2) is 37.6 Å². The van der Waals surface area contributed by atoms with E-state index in [1.54, 1.807) is 12.1 Å². The van der Waals surface area contributed by atoms with Crippen LogP contribution in [0.1, 0.15) is 18.1 Å². The second-order valence-electron chi connectivity index (χ2n) is 6.35. The molecule has 2 aromatic carbocycles. The molecule has 154 valence electrons. The molecule has 1 aromatic heterocycles. The molecule has 0 aliphatic rings. The van der Waals surface area contributed by atoms with Crippen LogP contribution in [0, 0.1) is 17.0 Å². The number of amides is 1. The summed E-state index contributed by atoms with van der Waals surface area (Å²) < 4.78 is 1.97. The van der Waals surface area contributed by atoms with Crippen LogP contribution >= 0.6 is 11.8 Å². The summed E-state index contributed by atoms with van der Waals surface area (Å²) in [5.74, 6) is 0.602. The minimum Gasteiger partial charge on any atom is -0.302 e. The summed E-state index contributed by atoms with van der Waals surface area (Å²) in [5, 5.41) is 23.7. The summed E-state index contributed by atoms with van der Waals surface area (Å²) in [6, 6.07) is 13.9. The average Bonchev–Trinajstić information content (AvgIpc) is 3.15. The Morgan fingerprint density at radius 2 is 2.03 bits per heavy atom. The third-order valence-electron chi connectivity index (χ3n) is 4.15. The van der Waals surface area contributed by atoms with Gasteiger partial charge in [-0.05, 0) is 37.6 Å². The largest absolute Gasteiger partial charge is 0.302 e. The minimum absolute atomic E-state index is 0.00217. The molecule has 0 spiro atoms. The van der Waals surface area contributed by atoms with Gasteiger partial charge in [0.25, 0.3) is 11.6 Å². The van der Waals surface area contributed by atoms with Crippen LogP contribution in [0.15, 0.2) is 58.8 Å². The zero-order chi connectivity index (χ0) is 21.5. The number of nitrogens with zero attached hydrogens (tertiary/aromatic N) is 5. The molecule has 9 nitrogen and oxygen atoms in total. The molecule has 0 saturated heterocycles. The van der Waals surface area contributed by atoms with Crippen molar-refractivity contribution < 1.29 is 9.72 Å². The summed E-state index contributed by atoms with van der Waals surface area (Å²) in [4.78, 5) is 22.3. The van der Waals surface area contributed by atoms with E-state index in [0.717, 1.165) is 17.0 Å². The molecule has 1 N–H and O–H groups in total. The zero-order valence-corrected chi connectivity index (χ0v) is 17.3. The number of thioether (sulfide) groups is 1. The number of hydrogen-bond donors (Lipinski definition) is 1. The van der Waals surface area contributed by atoms with E-state index < -0.39 is 4.92 Å². The van der Waals surface area contributed by atoms with Gasteiger partial charge < -0.3 is 4.57 Å². The normalized spacial score (nSPS) is 11.0. The number of hydrazone groups is 1. The first-order valence-electron chi connectivity index (χ1n) is 9.17. The third-order valence-corrected chi connectivity index (χ3v) is 5.12. The Kier molecular flexibility index (Phi) is 6.91. The number of non-ortho nitro benzene ring substituents is 1. The highest BCUT2D eigenvalue weighted by atomic mass is 32.2. The van der Waals surface area contributed by atoms with E-state index in [1.165, 1.54) is 30.1 Å². The van der Waals surface area contributed by atoms with Gasteiger partial charge in [-0.15, -0.1) is 10.2 Å². The number of carbonyl (C=O) groups excluding carboxylic acids is 1. The fraction of sp³-hybridized carbons (Fsp3) is 0.200. The van der Waals surface area contributed by atoms with Crippen LogP contribution in [-0.2, 0) is 11.3 Å². The lowest BCUT2D eigenvalue weighted by Crippen LogP contribution is -2.20. The maximum Gasteiger partial charge on any atom is 0.269 e. The fourth-order valence-corrected chi connectivity index (χ4v) is 3.50. The molecule has 0 aliphatic heterocycles. The average molecular weight is 424 g/mol. The molecule has 0 unspecified atom stereocenters. The molecular formula is C20H20N6O3S. The van der Waals surface area contributed by atoms with Crippen molar-refractivity contribution in [3.8, 4) is 11.4 Å². The Labute approximate surface area is 177 Å². The second kappa shape index (κ2) is 9.79. The highest BCUT2D eigenvalue weighted by Gasteiger charge is 2.14. The van der Waals surface area contributed by atoms with Crippen LogP contribution in [0.3, 0.4) is 0 Å². The number of rotatable bonds is 8. The predicted molar refractivity (Wildman–Crippen MR) is 115 cm³/mol. The summed E-state index contributed by atoms with van der Waals surface area (Å²) in [6.07, 6.45) is 1.43. The first-order valence-corrected chi connectivity index (χ1v) is 10.2. The molecule has 3 aromatic rings. The Hall–Kier alpha value is -3.53. The zero-order valence-electron chi connectivity index (χ0n) is 16.5. The predicted octanol–water partition coefficient (Wildman–Crippen LogP) is 3.42. The van der Waals surface area contributed by atoms with Gasteiger partial charge in [-0.3, -0.25) is 14.9 Å². The molecule has 30 heavy (non-hydrogen) atoms. The SMILES string of the molecule is CCn1c(SCC(=O)N/N=C/c2ccc([N+](=O)[O-])cc2)nnc1-c1cccc(C)c1. The van der Waals surface area contributed by atoms with Gasteiger partial charge in [0.05, 0.1) is 16.9 Å². The van der Waals surface area contributed by atoms with E-state index in [4.69, 9.17) is 0 Å². The van der Waals surface area contributed by atoms with Crippen LogP contribution in [0.4, 0.5) is 5.69 Å². The number of aryl methyl sites for hydroxylation is 1. The monoisotopic (exact) mass is 424 g/mol. The molecule has 0 fully saturated rings. The van der Waals surface area contributed by atoms with E-state index in [1.807, 2.05) is 42.7 Å². The van der Waals surface area contributed by atoms with Crippen molar-refractivity contribution >= 4 is 29.6 Å². The van der Waals surface area contributed by atoms with E-state index in [-0.39, 0.29) is 17.3 Å². The summed E-state index contributed by atoms with van der Waals surface area (Å²) >= 11 is 1.28. The first kappa shape index (κ1) is 21.2. The highest BCUT2D eigenvalue weighted by Crippen LogP contribution is 2.24. The van der Waals surface area contributed by atoms with Crippen molar-refractivity contribution in [2.45, 2.75) is 25.5 Å². The molecule has 10 heteroatoms. The van der Waals surface area contributed by atoms with Gasteiger partial charge in [0, 0.05) is 24.2 Å². The molecule has 0 atom stereocenters. The van der Waals surface area contributed by atoms with Crippen LogP contribution < -0.4 is 5.43 Å². The lowest BCUT2D eigenvalue weighted by atomic mass is 10.1. The van der Waals surface area contributed by atoms with E-state index in [0.29, 0.717) is 17.3 Å². The molecule has 0 aliphatic carbocycles. The number of aromatic nitrogens is 3. The van der Waals surface area contributed by atoms with Gasteiger partial charge in [0.2, 0.25) is 0 Å². The quantitative estimate of drug-likeness (QED) is 0.256. The van der Waals surface area contributed by atoms with E-state index in [2.05, 4.69) is 20.7 Å². The van der Waals surface area contributed by atoms with Gasteiger partial charge in [-0.25, -0.2) is 5.43 Å². The van der Waals surface area contributed by atoms with Crippen molar-refractivity contribution in [2.24, 2.45) is 5.10 Å². The summed E-state index contributed by atoms with van der Waals surface area (Å²) in [7, 11) is 0. The van der Waals surface area contributed by atoms with Crippen molar-refractivity contribution in [2.75, 3.05) is 5.75 Å². The summed E-state index contributed by atoms with van der Waals surface area (Å²) in [5.41, 5.74) is 5.20. The maximum atomic E-state index is 12.1. The lowest BCUT2D eigenvalue weighted by Gasteiger charge is -2.07. The number of nitro benzene ring substituents is 1. The second-order valence-corrected chi connectivity index (χ2v) is 7.29. The molecule has 1 amide bonds. The number of carbonyl (C=O) groups is 1. The van der Waals surface area contributed by atoms with Gasteiger partial charge in [-0.2, -0.15) is 5.10 Å². The summed E-state index contributed by atoms with van der Waals surface area (Å²) in [6.45, 7) is 4.70. The van der Waals surface area contributed by atoms with Gasteiger partial charge >= 0.3 is 0 Å². The number of hydrogen-bond acceptors (Lipinski definition) is 7. The first-order chi connectivity index (χ1) is 14.5. The smallest absolute Gasteiger partial charge is 0.269 e. The Balaban J connectivity index is 1.57. The lowest BCUT2D eigenvalue weighted by molar-refractivity contribution is -0.384. The molecular weight excluding hydrogens is 404 g/mol. The molecule has 0 saturated carbocycles. The standard InChI is InChI=1S/C20H20N6O3S/c1-3-25-19(16-6-4-5-14(2)11-16)23-24-20(25)30-13-18(27)22-21-12-15-7-9-17(10-8-15)26(28)29/h4-12H,3,13H2,1-2H3,(H,22,27)/b21-12+. The van der Waals surface area contributed by atoms with Crippen LogP contribution in [0.25, 0.3) is 11.4 Å². The molecule has 1 heterocycles. The van der Waals surface area contributed by atoms with Gasteiger partial charge in [0.1, 0.15) is 0 Å². The Bertz CT molecular complexity index is 1080. The van der Waals surface area contributed by atoms with Crippen LogP contribution in [0.5, 0.6) is 0 Å². The van der Waals surface area contributed by atoms with Crippen molar-refractivity contribution in [3.63, 3.8) is 0 Å². The van der Waals surface area contributed by atoms with Gasteiger partial charge in [-0.1, -0.05) is 35.5 Å². The number of nitrogens with one attached hydrogen (secondary N) is 1. The van der Waals surface area contributed by atoms with E-state index in [9.17, 15) is 14.9 Å². The molecule has 0 radical (unpaired) electrons. The molecule has 3 rings (SSSR count). The Morgan fingerprint density at radius 3 is 2.70 bits per heavy atom. The maximum absolute atomic E-state index is 12.1. The van der Waals surface area contributed by atoms with Crippen molar-refractivity contribution in [3.05, 3.63) is 69.8 Å². The third kappa shape index (κ3) is 5.29. The van der Waals surface area contributed by atoms with E-state index >= 15 is 0 Å². The fourth-order valence-electron chi connectivity index (χ4n) is 2.70. The number of benzene rings is 2. The molecule has 0 bridgehead atoms. The van der Waals surface area contributed by atoms with Crippen molar-refractivity contribution in [1.82, 2.24) is 20.2 Å². The minimum atomic E-state index is -0.473.